The van der Waals surface area contributed by atoms with Crippen LogP contribution in [0.1, 0.15) is 10.4 Å². The number of pyridine rings is 1. The number of methoxy groups -OCH3 is 1. The summed E-state index contributed by atoms with van der Waals surface area (Å²) >= 11 is 6.59. The quantitative estimate of drug-likeness (QED) is 0.816. The van der Waals surface area contributed by atoms with Crippen LogP contribution >= 0.6 is 31.9 Å². The molecule has 1 aromatic heterocycles. The summed E-state index contributed by atoms with van der Waals surface area (Å²) in [6, 6.07) is 8.75. The van der Waals surface area contributed by atoms with E-state index >= 15 is 0 Å². The SMILES string of the molecule is COc1ccc(NC(=O)c2ccc(Br)nc2)cc1Br. The number of anilines is 1. The van der Waals surface area contributed by atoms with Gasteiger partial charge in [0.15, 0.2) is 0 Å². The summed E-state index contributed by atoms with van der Waals surface area (Å²) in [5.74, 6) is 0.500. The van der Waals surface area contributed by atoms with Gasteiger partial charge in [-0.3, -0.25) is 4.79 Å². The van der Waals surface area contributed by atoms with Gasteiger partial charge in [-0.1, -0.05) is 0 Å². The number of nitrogens with one attached hydrogen (secondary N) is 1. The Morgan fingerprint density at radius 1 is 1.26 bits per heavy atom. The van der Waals surface area contributed by atoms with Gasteiger partial charge in [-0.2, -0.15) is 0 Å². The summed E-state index contributed by atoms with van der Waals surface area (Å²) in [5, 5.41) is 2.79. The van der Waals surface area contributed by atoms with E-state index < -0.39 is 0 Å². The zero-order valence-corrected chi connectivity index (χ0v) is 13.2. The molecule has 0 aliphatic carbocycles. The lowest BCUT2D eigenvalue weighted by Crippen LogP contribution is -2.12. The fourth-order valence-electron chi connectivity index (χ4n) is 1.46. The molecule has 0 unspecified atom stereocenters. The maximum atomic E-state index is 12.0. The Balaban J connectivity index is 2.14. The van der Waals surface area contributed by atoms with Crippen molar-refractivity contribution < 1.29 is 9.53 Å². The predicted molar refractivity (Wildman–Crippen MR) is 80.6 cm³/mol. The number of hydrogen-bond donors (Lipinski definition) is 1. The molecule has 19 heavy (non-hydrogen) atoms. The van der Waals surface area contributed by atoms with Gasteiger partial charge in [0.05, 0.1) is 17.1 Å². The molecule has 0 spiro atoms. The summed E-state index contributed by atoms with van der Waals surface area (Å²) in [6.45, 7) is 0. The van der Waals surface area contributed by atoms with Crippen LogP contribution in [-0.2, 0) is 0 Å². The van der Waals surface area contributed by atoms with E-state index in [2.05, 4.69) is 42.2 Å². The third-order valence-electron chi connectivity index (χ3n) is 2.40. The third-order valence-corrected chi connectivity index (χ3v) is 3.49. The van der Waals surface area contributed by atoms with Crippen molar-refractivity contribution in [1.82, 2.24) is 4.98 Å². The number of hydrogen-bond acceptors (Lipinski definition) is 3. The first-order chi connectivity index (χ1) is 9.10. The van der Waals surface area contributed by atoms with Crippen molar-refractivity contribution in [2.75, 3.05) is 12.4 Å². The molecule has 2 aromatic rings. The van der Waals surface area contributed by atoms with E-state index in [1.54, 1.807) is 37.4 Å². The molecular weight excluding hydrogens is 376 g/mol. The number of carbonyl (C=O) groups excluding carboxylic acids is 1. The molecule has 1 aromatic carbocycles. The van der Waals surface area contributed by atoms with Gasteiger partial charge in [-0.05, 0) is 62.2 Å². The average Bonchev–Trinajstić information content (AvgIpc) is 2.39. The van der Waals surface area contributed by atoms with Crippen molar-refractivity contribution in [2.45, 2.75) is 0 Å². The number of halogens is 2. The van der Waals surface area contributed by atoms with Gasteiger partial charge < -0.3 is 10.1 Å². The Labute approximate surface area is 127 Å². The van der Waals surface area contributed by atoms with Crippen LogP contribution in [0.2, 0.25) is 0 Å². The molecule has 6 heteroatoms. The minimum Gasteiger partial charge on any atom is -0.496 e. The molecule has 98 valence electrons. The van der Waals surface area contributed by atoms with Crippen LogP contribution in [0.25, 0.3) is 0 Å². The fourth-order valence-corrected chi connectivity index (χ4v) is 2.23. The van der Waals surface area contributed by atoms with E-state index in [-0.39, 0.29) is 5.91 Å². The van der Waals surface area contributed by atoms with Crippen LogP contribution in [0.4, 0.5) is 5.69 Å². The molecule has 0 aliphatic heterocycles. The molecule has 1 heterocycles. The highest BCUT2D eigenvalue weighted by molar-refractivity contribution is 9.10. The van der Waals surface area contributed by atoms with Gasteiger partial charge in [0.2, 0.25) is 0 Å². The maximum Gasteiger partial charge on any atom is 0.257 e. The van der Waals surface area contributed by atoms with Crippen LogP contribution in [0, 0.1) is 0 Å². The summed E-state index contributed by atoms with van der Waals surface area (Å²) in [5.41, 5.74) is 1.18. The summed E-state index contributed by atoms with van der Waals surface area (Å²) in [6.07, 6.45) is 1.51. The predicted octanol–water partition coefficient (Wildman–Crippen LogP) is 3.87. The van der Waals surface area contributed by atoms with Crippen molar-refractivity contribution in [3.05, 3.63) is 51.2 Å². The Kier molecular flexibility index (Phi) is 4.55. The highest BCUT2D eigenvalue weighted by atomic mass is 79.9. The standard InChI is InChI=1S/C13H10Br2N2O2/c1-19-11-4-3-9(6-10(11)14)17-13(18)8-2-5-12(15)16-7-8/h2-7H,1H3,(H,17,18). The van der Waals surface area contributed by atoms with E-state index in [9.17, 15) is 4.79 Å². The summed E-state index contributed by atoms with van der Waals surface area (Å²) in [4.78, 5) is 16.0. The largest absolute Gasteiger partial charge is 0.496 e. The molecule has 0 saturated carbocycles. The van der Waals surface area contributed by atoms with E-state index in [0.717, 1.165) is 4.47 Å². The minimum absolute atomic E-state index is 0.211. The maximum absolute atomic E-state index is 12.0. The number of carbonyl (C=O) groups is 1. The first-order valence-electron chi connectivity index (χ1n) is 5.36. The van der Waals surface area contributed by atoms with E-state index in [1.807, 2.05) is 0 Å². The lowest BCUT2D eigenvalue weighted by molar-refractivity contribution is 0.102. The van der Waals surface area contributed by atoms with Gasteiger partial charge >= 0.3 is 0 Å². The number of nitrogens with zero attached hydrogens (tertiary/aromatic N) is 1. The molecule has 0 aliphatic rings. The average molecular weight is 386 g/mol. The van der Waals surface area contributed by atoms with Gasteiger partial charge in [0.1, 0.15) is 10.4 Å². The Morgan fingerprint density at radius 3 is 2.63 bits per heavy atom. The molecule has 0 radical (unpaired) electrons. The number of aromatic nitrogens is 1. The highest BCUT2D eigenvalue weighted by Gasteiger charge is 2.08. The van der Waals surface area contributed by atoms with Crippen LogP contribution in [0.3, 0.4) is 0 Å². The molecule has 2 rings (SSSR count). The number of ether oxygens (including phenoxy) is 1. The number of amides is 1. The monoisotopic (exact) mass is 384 g/mol. The summed E-state index contributed by atoms with van der Waals surface area (Å²) < 4.78 is 6.60. The van der Waals surface area contributed by atoms with Crippen LogP contribution < -0.4 is 10.1 Å². The van der Waals surface area contributed by atoms with Gasteiger partial charge in [-0.25, -0.2) is 4.98 Å². The van der Waals surface area contributed by atoms with Crippen molar-refractivity contribution in [2.24, 2.45) is 0 Å². The van der Waals surface area contributed by atoms with E-state index in [1.165, 1.54) is 6.20 Å². The molecule has 1 N–H and O–H groups in total. The Morgan fingerprint density at radius 2 is 2.05 bits per heavy atom. The van der Waals surface area contributed by atoms with Crippen molar-refractivity contribution in [3.63, 3.8) is 0 Å². The molecule has 0 saturated heterocycles. The molecular formula is C13H10Br2N2O2. The lowest BCUT2D eigenvalue weighted by Gasteiger charge is -2.08. The van der Waals surface area contributed by atoms with Gasteiger partial charge in [0, 0.05) is 11.9 Å². The minimum atomic E-state index is -0.211. The smallest absolute Gasteiger partial charge is 0.257 e. The van der Waals surface area contributed by atoms with Gasteiger partial charge in [0.25, 0.3) is 5.91 Å². The first-order valence-corrected chi connectivity index (χ1v) is 6.95. The second-order valence-corrected chi connectivity index (χ2v) is 5.34. The number of rotatable bonds is 3. The summed E-state index contributed by atoms with van der Waals surface area (Å²) in [7, 11) is 1.59. The second-order valence-electron chi connectivity index (χ2n) is 3.67. The molecule has 0 atom stereocenters. The Hall–Kier alpha value is -1.40. The van der Waals surface area contributed by atoms with Gasteiger partial charge in [-0.15, -0.1) is 0 Å². The molecule has 0 fully saturated rings. The molecule has 4 nitrogen and oxygen atoms in total. The van der Waals surface area contributed by atoms with E-state index in [0.29, 0.717) is 21.6 Å². The van der Waals surface area contributed by atoms with Crippen LogP contribution in [0.15, 0.2) is 45.6 Å². The number of benzene rings is 1. The zero-order valence-electron chi connectivity index (χ0n) is 9.98. The first kappa shape index (κ1) is 14.0. The Bertz CT molecular complexity index is 600. The third kappa shape index (κ3) is 3.54. The highest BCUT2D eigenvalue weighted by Crippen LogP contribution is 2.27. The fraction of sp³-hybridized carbons (Fsp3) is 0.0769. The molecule has 1 amide bonds. The van der Waals surface area contributed by atoms with Crippen molar-refractivity contribution >= 4 is 43.5 Å². The molecule has 0 bridgehead atoms. The second kappa shape index (κ2) is 6.16. The van der Waals surface area contributed by atoms with Crippen LogP contribution in [0.5, 0.6) is 5.75 Å². The van der Waals surface area contributed by atoms with Crippen molar-refractivity contribution in [3.8, 4) is 5.75 Å². The zero-order chi connectivity index (χ0) is 13.8. The lowest BCUT2D eigenvalue weighted by atomic mass is 10.2. The van der Waals surface area contributed by atoms with E-state index in [4.69, 9.17) is 4.74 Å². The van der Waals surface area contributed by atoms with Crippen molar-refractivity contribution in [1.29, 1.82) is 0 Å². The topological polar surface area (TPSA) is 51.2 Å². The normalized spacial score (nSPS) is 10.1. The van der Waals surface area contributed by atoms with Crippen LogP contribution in [-0.4, -0.2) is 18.0 Å².